The van der Waals surface area contributed by atoms with Crippen molar-refractivity contribution in [2.45, 2.75) is 0 Å². The molecule has 0 aliphatic heterocycles. The van der Waals surface area contributed by atoms with Gasteiger partial charge in [0.2, 0.25) is 0 Å². The maximum absolute atomic E-state index is 11.2. The first kappa shape index (κ1) is 9.66. The van der Waals surface area contributed by atoms with Gasteiger partial charge < -0.3 is 15.0 Å². The van der Waals surface area contributed by atoms with Gasteiger partial charge in [0, 0.05) is 13.6 Å². The van der Waals surface area contributed by atoms with Crippen molar-refractivity contribution in [1.29, 1.82) is 0 Å². The molecule has 0 fully saturated rings. The molecule has 0 atom stereocenters. The van der Waals surface area contributed by atoms with Gasteiger partial charge >= 0.3 is 5.69 Å². The van der Waals surface area contributed by atoms with Gasteiger partial charge in [0.05, 0.1) is 12.9 Å². The van der Waals surface area contributed by atoms with Crippen LogP contribution in [0, 0.1) is 0 Å². The molecule has 0 unspecified atom stereocenters. The Morgan fingerprint density at radius 1 is 1.67 bits per heavy atom. The number of aliphatic hydroxyl groups excluding tert-OH is 1. The Morgan fingerprint density at radius 3 is 3.20 bits per heavy atom. The summed E-state index contributed by atoms with van der Waals surface area (Å²) in [7, 11) is 1.76. The lowest BCUT2D eigenvalue weighted by Gasteiger charge is -2.03. The number of aromatic nitrogens is 4. The number of fused-ring (bicyclic) bond motifs is 1. The highest BCUT2D eigenvalue weighted by Crippen LogP contribution is 2.13. The molecule has 2 rings (SSSR count). The average Bonchev–Trinajstić information content (AvgIpc) is 2.57. The highest BCUT2D eigenvalue weighted by atomic mass is 16.3. The zero-order valence-electron chi connectivity index (χ0n) is 8.19. The topological polar surface area (TPSA) is 95.8 Å². The van der Waals surface area contributed by atoms with E-state index in [2.05, 4.69) is 20.3 Å². The minimum atomic E-state index is -0.438. The fourth-order valence-corrected chi connectivity index (χ4v) is 1.33. The van der Waals surface area contributed by atoms with E-state index in [0.29, 0.717) is 23.5 Å². The molecule has 0 bridgehead atoms. The normalized spacial score (nSPS) is 10.8. The monoisotopic (exact) mass is 209 g/mol. The molecule has 2 heterocycles. The standard InChI is InChI=1S/C8H11N5O2/c1-13-4-10-5-6(9-2-3-14)11-8(15)12-7(5)13/h4,14H,2-3H2,1H3,(H2,9,11,12,15). The maximum Gasteiger partial charge on any atom is 0.348 e. The Hall–Kier alpha value is -1.89. The van der Waals surface area contributed by atoms with Crippen LogP contribution in [0.1, 0.15) is 0 Å². The molecular formula is C8H11N5O2. The van der Waals surface area contributed by atoms with Gasteiger partial charge in [-0.3, -0.25) is 4.98 Å². The zero-order valence-corrected chi connectivity index (χ0v) is 8.19. The third-order valence-corrected chi connectivity index (χ3v) is 2.00. The van der Waals surface area contributed by atoms with Gasteiger partial charge in [-0.05, 0) is 0 Å². The van der Waals surface area contributed by atoms with Crippen molar-refractivity contribution < 1.29 is 5.11 Å². The highest BCUT2D eigenvalue weighted by Gasteiger charge is 2.08. The lowest BCUT2D eigenvalue weighted by atomic mass is 10.5. The predicted octanol–water partition coefficient (Wildman–Crippen LogP) is -0.939. The van der Waals surface area contributed by atoms with Gasteiger partial charge in [0.25, 0.3) is 0 Å². The van der Waals surface area contributed by atoms with Crippen LogP contribution < -0.4 is 11.0 Å². The van der Waals surface area contributed by atoms with Gasteiger partial charge in [0.15, 0.2) is 5.65 Å². The van der Waals surface area contributed by atoms with Gasteiger partial charge in [-0.1, -0.05) is 0 Å². The first-order valence-corrected chi connectivity index (χ1v) is 4.48. The second-order valence-electron chi connectivity index (χ2n) is 3.10. The predicted molar refractivity (Wildman–Crippen MR) is 54.7 cm³/mol. The quantitative estimate of drug-likeness (QED) is 0.606. The number of H-pyrrole nitrogens is 1. The van der Waals surface area contributed by atoms with E-state index in [0.717, 1.165) is 0 Å². The summed E-state index contributed by atoms with van der Waals surface area (Å²) in [5.41, 5.74) is 0.663. The fraction of sp³-hybridized carbons (Fsp3) is 0.375. The van der Waals surface area contributed by atoms with Crippen molar-refractivity contribution in [2.24, 2.45) is 7.05 Å². The average molecular weight is 209 g/mol. The van der Waals surface area contributed by atoms with Crippen molar-refractivity contribution >= 4 is 17.0 Å². The largest absolute Gasteiger partial charge is 0.395 e. The lowest BCUT2D eigenvalue weighted by Crippen LogP contribution is -2.16. The summed E-state index contributed by atoms with van der Waals surface area (Å²) >= 11 is 0. The summed E-state index contributed by atoms with van der Waals surface area (Å²) in [5, 5.41) is 11.5. The summed E-state index contributed by atoms with van der Waals surface area (Å²) in [5.74, 6) is 0.486. The van der Waals surface area contributed by atoms with Crippen LogP contribution in [0.2, 0.25) is 0 Å². The van der Waals surface area contributed by atoms with Crippen LogP contribution in [0.15, 0.2) is 11.1 Å². The molecule has 7 nitrogen and oxygen atoms in total. The van der Waals surface area contributed by atoms with Gasteiger partial charge in [-0.25, -0.2) is 9.78 Å². The second-order valence-corrected chi connectivity index (χ2v) is 3.10. The number of anilines is 1. The number of imidazole rings is 1. The molecule has 0 spiro atoms. The summed E-state index contributed by atoms with van der Waals surface area (Å²) in [4.78, 5) is 21.6. The Balaban J connectivity index is 2.57. The smallest absolute Gasteiger partial charge is 0.348 e. The van der Waals surface area contributed by atoms with Gasteiger partial charge in [-0.2, -0.15) is 4.98 Å². The van der Waals surface area contributed by atoms with Crippen LogP contribution in [-0.4, -0.2) is 37.8 Å². The fourth-order valence-electron chi connectivity index (χ4n) is 1.33. The molecule has 7 heteroatoms. The number of nitrogens with one attached hydrogen (secondary N) is 2. The molecule has 80 valence electrons. The molecule has 2 aromatic rings. The Morgan fingerprint density at radius 2 is 2.47 bits per heavy atom. The Kier molecular flexibility index (Phi) is 2.38. The van der Waals surface area contributed by atoms with Crippen LogP contribution in [0.3, 0.4) is 0 Å². The third kappa shape index (κ3) is 1.68. The van der Waals surface area contributed by atoms with Gasteiger partial charge in [-0.15, -0.1) is 0 Å². The second kappa shape index (κ2) is 3.70. The molecule has 2 aromatic heterocycles. The molecular weight excluding hydrogens is 198 g/mol. The van der Waals surface area contributed by atoms with E-state index < -0.39 is 5.69 Å². The number of aryl methyl sites for hydroxylation is 1. The number of aliphatic hydroxyl groups is 1. The van der Waals surface area contributed by atoms with Crippen LogP contribution in [0.25, 0.3) is 11.2 Å². The number of hydrogen-bond acceptors (Lipinski definition) is 5. The van der Waals surface area contributed by atoms with Crippen LogP contribution in [0.5, 0.6) is 0 Å². The van der Waals surface area contributed by atoms with Crippen LogP contribution in [0.4, 0.5) is 5.82 Å². The highest BCUT2D eigenvalue weighted by molar-refractivity contribution is 5.82. The Labute approximate surface area is 84.8 Å². The van der Waals surface area contributed by atoms with Crippen molar-refractivity contribution in [3.8, 4) is 0 Å². The maximum atomic E-state index is 11.2. The molecule has 0 aromatic carbocycles. The van der Waals surface area contributed by atoms with Crippen LogP contribution in [-0.2, 0) is 7.05 Å². The third-order valence-electron chi connectivity index (χ3n) is 2.00. The molecule has 0 aliphatic carbocycles. The number of rotatable bonds is 3. The molecule has 0 saturated heterocycles. The first-order chi connectivity index (χ1) is 7.22. The van der Waals surface area contributed by atoms with E-state index in [1.807, 2.05) is 0 Å². The number of hydrogen-bond donors (Lipinski definition) is 3. The van der Waals surface area contributed by atoms with E-state index >= 15 is 0 Å². The number of nitrogens with zero attached hydrogens (tertiary/aromatic N) is 3. The van der Waals surface area contributed by atoms with Crippen molar-refractivity contribution in [2.75, 3.05) is 18.5 Å². The van der Waals surface area contributed by atoms with E-state index in [1.165, 1.54) is 0 Å². The summed E-state index contributed by atoms with van der Waals surface area (Å²) in [6, 6.07) is 0. The van der Waals surface area contributed by atoms with Crippen molar-refractivity contribution in [3.63, 3.8) is 0 Å². The van der Waals surface area contributed by atoms with Gasteiger partial charge in [0.1, 0.15) is 11.3 Å². The summed E-state index contributed by atoms with van der Waals surface area (Å²) in [6.07, 6.45) is 1.58. The minimum Gasteiger partial charge on any atom is -0.395 e. The first-order valence-electron chi connectivity index (χ1n) is 4.48. The molecule has 0 saturated carbocycles. The van der Waals surface area contributed by atoms with Crippen molar-refractivity contribution in [3.05, 3.63) is 16.8 Å². The lowest BCUT2D eigenvalue weighted by molar-refractivity contribution is 0.311. The molecule has 0 radical (unpaired) electrons. The summed E-state index contributed by atoms with van der Waals surface area (Å²) < 4.78 is 1.66. The minimum absolute atomic E-state index is 0.0152. The molecule has 0 aliphatic rings. The molecule has 0 amide bonds. The molecule has 15 heavy (non-hydrogen) atoms. The van der Waals surface area contributed by atoms with E-state index in [1.54, 1.807) is 17.9 Å². The summed E-state index contributed by atoms with van der Waals surface area (Å²) in [6.45, 7) is 0.338. The van der Waals surface area contributed by atoms with Crippen molar-refractivity contribution in [1.82, 2.24) is 19.5 Å². The Bertz CT molecular complexity index is 529. The van der Waals surface area contributed by atoms with E-state index in [9.17, 15) is 4.79 Å². The zero-order chi connectivity index (χ0) is 10.8. The SMILES string of the molecule is Cn1cnc2c(NCCO)[nH]c(=O)nc21. The van der Waals surface area contributed by atoms with Crippen LogP contribution >= 0.6 is 0 Å². The van der Waals surface area contributed by atoms with E-state index in [-0.39, 0.29) is 6.61 Å². The number of aromatic amines is 1. The molecule has 3 N–H and O–H groups in total. The van der Waals surface area contributed by atoms with E-state index in [4.69, 9.17) is 5.11 Å².